The first-order chi connectivity index (χ1) is 11.7. The molecule has 0 aliphatic rings. The Kier molecular flexibility index (Phi) is 4.47. The van der Waals surface area contributed by atoms with Crippen LogP contribution >= 0.6 is 0 Å². The molecule has 1 aromatic heterocycles. The molecule has 0 radical (unpaired) electrons. The van der Waals surface area contributed by atoms with Gasteiger partial charge in [0.15, 0.2) is 17.2 Å². The number of nitrogens with zero attached hydrogens (tertiary/aromatic N) is 1. The molecule has 1 heterocycles. The van der Waals surface area contributed by atoms with E-state index in [1.807, 2.05) is 30.3 Å². The summed E-state index contributed by atoms with van der Waals surface area (Å²) in [4.78, 5) is 14.8. The van der Waals surface area contributed by atoms with Gasteiger partial charge in [0.25, 0.3) is 0 Å². The Bertz CT molecular complexity index is 842. The summed E-state index contributed by atoms with van der Waals surface area (Å²) in [6.07, 6.45) is 1.10. The zero-order valence-electron chi connectivity index (χ0n) is 12.9. The lowest BCUT2D eigenvalue weighted by molar-refractivity contribution is 0.0690. The summed E-state index contributed by atoms with van der Waals surface area (Å²) in [5, 5.41) is 8.92. The molecule has 6 nitrogen and oxygen atoms in total. The van der Waals surface area contributed by atoms with Crippen molar-refractivity contribution in [3.05, 3.63) is 66.1 Å². The zero-order chi connectivity index (χ0) is 16.9. The molecular formula is C18H15NO5. The number of carboxylic acid groups (broad SMARTS) is 1. The highest BCUT2D eigenvalue weighted by Crippen LogP contribution is 2.32. The number of carbonyl (C=O) groups is 1. The van der Waals surface area contributed by atoms with Crippen LogP contribution in [-0.2, 0) is 6.61 Å². The molecule has 0 saturated heterocycles. The number of methoxy groups -OCH3 is 1. The zero-order valence-corrected chi connectivity index (χ0v) is 12.9. The van der Waals surface area contributed by atoms with Gasteiger partial charge in [-0.05, 0) is 23.8 Å². The van der Waals surface area contributed by atoms with E-state index in [-0.39, 0.29) is 11.6 Å². The molecule has 6 heteroatoms. The SMILES string of the molecule is COc1ccc(-c2nc(C(=O)O)co2)cc1OCc1ccccc1. The van der Waals surface area contributed by atoms with Crippen LogP contribution in [0.3, 0.4) is 0 Å². The maximum absolute atomic E-state index is 10.9. The summed E-state index contributed by atoms with van der Waals surface area (Å²) >= 11 is 0. The number of rotatable bonds is 6. The summed E-state index contributed by atoms with van der Waals surface area (Å²) in [6, 6.07) is 14.9. The van der Waals surface area contributed by atoms with E-state index in [0.29, 0.717) is 23.7 Å². The minimum Gasteiger partial charge on any atom is -0.493 e. The van der Waals surface area contributed by atoms with Crippen LogP contribution in [0.4, 0.5) is 0 Å². The Morgan fingerprint density at radius 3 is 2.62 bits per heavy atom. The molecule has 3 rings (SSSR count). The van der Waals surface area contributed by atoms with Crippen LogP contribution in [0.15, 0.2) is 59.2 Å². The fourth-order valence-electron chi connectivity index (χ4n) is 2.16. The molecule has 0 bridgehead atoms. The largest absolute Gasteiger partial charge is 0.493 e. The first kappa shape index (κ1) is 15.6. The minimum atomic E-state index is -1.14. The highest BCUT2D eigenvalue weighted by molar-refractivity contribution is 5.85. The molecule has 1 N–H and O–H groups in total. The van der Waals surface area contributed by atoms with Gasteiger partial charge in [-0.1, -0.05) is 30.3 Å². The van der Waals surface area contributed by atoms with Gasteiger partial charge in [0.05, 0.1) is 7.11 Å². The van der Waals surface area contributed by atoms with Gasteiger partial charge >= 0.3 is 5.97 Å². The quantitative estimate of drug-likeness (QED) is 0.745. The second-order valence-electron chi connectivity index (χ2n) is 4.98. The number of hydrogen-bond acceptors (Lipinski definition) is 5. The molecule has 0 unspecified atom stereocenters. The Morgan fingerprint density at radius 2 is 1.96 bits per heavy atom. The fraction of sp³-hybridized carbons (Fsp3) is 0.111. The first-order valence-corrected chi connectivity index (χ1v) is 7.21. The Hall–Kier alpha value is -3.28. The number of ether oxygens (including phenoxy) is 2. The van der Waals surface area contributed by atoms with Crippen LogP contribution in [-0.4, -0.2) is 23.2 Å². The summed E-state index contributed by atoms with van der Waals surface area (Å²) in [7, 11) is 1.55. The third kappa shape index (κ3) is 3.38. The molecule has 24 heavy (non-hydrogen) atoms. The van der Waals surface area contributed by atoms with E-state index in [2.05, 4.69) is 4.98 Å². The van der Waals surface area contributed by atoms with E-state index in [0.717, 1.165) is 11.8 Å². The molecule has 0 fully saturated rings. The van der Waals surface area contributed by atoms with Crippen molar-refractivity contribution in [2.75, 3.05) is 7.11 Å². The van der Waals surface area contributed by atoms with Crippen molar-refractivity contribution in [1.29, 1.82) is 0 Å². The van der Waals surface area contributed by atoms with Crippen LogP contribution in [0.2, 0.25) is 0 Å². The summed E-state index contributed by atoms with van der Waals surface area (Å²) in [5.74, 6) is 0.160. The lowest BCUT2D eigenvalue weighted by atomic mass is 10.2. The maximum Gasteiger partial charge on any atom is 0.357 e. The van der Waals surface area contributed by atoms with E-state index in [4.69, 9.17) is 19.0 Å². The van der Waals surface area contributed by atoms with Crippen molar-refractivity contribution >= 4 is 5.97 Å². The van der Waals surface area contributed by atoms with E-state index < -0.39 is 5.97 Å². The Balaban J connectivity index is 1.85. The van der Waals surface area contributed by atoms with E-state index in [9.17, 15) is 4.79 Å². The number of aromatic nitrogens is 1. The van der Waals surface area contributed by atoms with Crippen molar-refractivity contribution in [3.8, 4) is 23.0 Å². The number of oxazole rings is 1. The second-order valence-corrected chi connectivity index (χ2v) is 4.98. The third-order valence-corrected chi connectivity index (χ3v) is 3.37. The molecule has 0 aliphatic carbocycles. The molecule has 0 saturated carbocycles. The maximum atomic E-state index is 10.9. The summed E-state index contributed by atoms with van der Waals surface area (Å²) in [5.41, 5.74) is 1.48. The third-order valence-electron chi connectivity index (χ3n) is 3.37. The molecule has 0 amide bonds. The normalized spacial score (nSPS) is 10.4. The van der Waals surface area contributed by atoms with Gasteiger partial charge in [-0.3, -0.25) is 0 Å². The lowest BCUT2D eigenvalue weighted by Crippen LogP contribution is -1.98. The van der Waals surface area contributed by atoms with Crippen LogP contribution in [0.1, 0.15) is 16.1 Å². The fourth-order valence-corrected chi connectivity index (χ4v) is 2.16. The summed E-state index contributed by atoms with van der Waals surface area (Å²) < 4.78 is 16.3. The molecule has 2 aromatic carbocycles. The second kappa shape index (κ2) is 6.87. The predicted molar refractivity (Wildman–Crippen MR) is 86.2 cm³/mol. The number of aromatic carboxylic acids is 1. The predicted octanol–water partition coefficient (Wildman–Crippen LogP) is 3.63. The minimum absolute atomic E-state index is 0.146. The summed E-state index contributed by atoms with van der Waals surface area (Å²) in [6.45, 7) is 0.382. The topological polar surface area (TPSA) is 81.8 Å². The van der Waals surface area contributed by atoms with E-state index >= 15 is 0 Å². The number of benzene rings is 2. The van der Waals surface area contributed by atoms with Crippen LogP contribution < -0.4 is 9.47 Å². The van der Waals surface area contributed by atoms with Gasteiger partial charge in [-0.15, -0.1) is 0 Å². The molecule has 3 aromatic rings. The molecule has 0 atom stereocenters. The van der Waals surface area contributed by atoms with E-state index in [1.165, 1.54) is 0 Å². The van der Waals surface area contributed by atoms with Gasteiger partial charge in [0, 0.05) is 5.56 Å². The average molecular weight is 325 g/mol. The highest BCUT2D eigenvalue weighted by Gasteiger charge is 2.14. The van der Waals surface area contributed by atoms with Crippen molar-refractivity contribution in [2.24, 2.45) is 0 Å². The van der Waals surface area contributed by atoms with Gasteiger partial charge in [-0.25, -0.2) is 9.78 Å². The van der Waals surface area contributed by atoms with Gasteiger partial charge in [0.2, 0.25) is 5.89 Å². The van der Waals surface area contributed by atoms with Crippen LogP contribution in [0, 0.1) is 0 Å². The van der Waals surface area contributed by atoms with Gasteiger partial charge in [0.1, 0.15) is 12.9 Å². The monoisotopic (exact) mass is 325 g/mol. The number of carboxylic acids is 1. The van der Waals surface area contributed by atoms with E-state index in [1.54, 1.807) is 25.3 Å². The first-order valence-electron chi connectivity index (χ1n) is 7.21. The lowest BCUT2D eigenvalue weighted by Gasteiger charge is -2.11. The van der Waals surface area contributed by atoms with Crippen molar-refractivity contribution in [3.63, 3.8) is 0 Å². The molecular weight excluding hydrogens is 310 g/mol. The Morgan fingerprint density at radius 1 is 1.17 bits per heavy atom. The average Bonchev–Trinajstić information content (AvgIpc) is 3.11. The number of hydrogen-bond donors (Lipinski definition) is 1. The molecule has 0 aliphatic heterocycles. The van der Waals surface area contributed by atoms with Crippen molar-refractivity contribution < 1.29 is 23.8 Å². The smallest absolute Gasteiger partial charge is 0.357 e. The van der Waals surface area contributed by atoms with Gasteiger partial charge < -0.3 is 19.0 Å². The molecule has 0 spiro atoms. The van der Waals surface area contributed by atoms with Crippen LogP contribution in [0.25, 0.3) is 11.5 Å². The van der Waals surface area contributed by atoms with Crippen molar-refractivity contribution in [1.82, 2.24) is 4.98 Å². The van der Waals surface area contributed by atoms with Crippen LogP contribution in [0.5, 0.6) is 11.5 Å². The standard InChI is InChI=1S/C18H15NO5/c1-22-15-8-7-13(17-19-14(11-24-17)18(20)21)9-16(15)23-10-12-5-3-2-4-6-12/h2-9,11H,10H2,1H3,(H,20,21). The Labute approximate surface area is 138 Å². The van der Waals surface area contributed by atoms with Crippen molar-refractivity contribution in [2.45, 2.75) is 6.61 Å². The highest BCUT2D eigenvalue weighted by atomic mass is 16.5. The molecule has 122 valence electrons. The van der Waals surface area contributed by atoms with Gasteiger partial charge in [-0.2, -0.15) is 0 Å².